The number of hydrogen-bond donors (Lipinski definition) is 1. The van der Waals surface area contributed by atoms with E-state index in [1.54, 1.807) is 12.3 Å². The highest BCUT2D eigenvalue weighted by molar-refractivity contribution is 6.32. The van der Waals surface area contributed by atoms with E-state index in [1.165, 1.54) is 0 Å². The van der Waals surface area contributed by atoms with Crippen LogP contribution in [0.15, 0.2) is 36.5 Å². The van der Waals surface area contributed by atoms with Crippen LogP contribution in [0, 0.1) is 6.92 Å². The Labute approximate surface area is 112 Å². The van der Waals surface area contributed by atoms with Crippen LogP contribution < -0.4 is 10.5 Å². The summed E-state index contributed by atoms with van der Waals surface area (Å²) in [5.74, 6) is 1.09. The molecule has 1 heterocycles. The molecule has 2 N–H and O–H groups in total. The highest BCUT2D eigenvalue weighted by Gasteiger charge is 2.11. The summed E-state index contributed by atoms with van der Waals surface area (Å²) in [6.07, 6.45) is 1.67. The summed E-state index contributed by atoms with van der Waals surface area (Å²) in [6.45, 7) is 3.87. The lowest BCUT2D eigenvalue weighted by molar-refractivity contribution is 0.452. The predicted molar refractivity (Wildman–Crippen MR) is 73.1 cm³/mol. The van der Waals surface area contributed by atoms with Crippen molar-refractivity contribution in [1.29, 1.82) is 0 Å². The van der Waals surface area contributed by atoms with E-state index >= 15 is 0 Å². The molecule has 0 unspecified atom stereocenters. The van der Waals surface area contributed by atoms with Crippen LogP contribution in [-0.4, -0.2) is 4.98 Å². The Hall–Kier alpha value is -1.58. The highest BCUT2D eigenvalue weighted by atomic mass is 35.5. The summed E-state index contributed by atoms with van der Waals surface area (Å²) >= 11 is 6.09. The molecule has 4 heteroatoms. The zero-order valence-electron chi connectivity index (χ0n) is 10.4. The van der Waals surface area contributed by atoms with E-state index in [1.807, 2.05) is 38.1 Å². The van der Waals surface area contributed by atoms with Gasteiger partial charge in [0.25, 0.3) is 0 Å². The molecule has 1 aromatic heterocycles. The first-order valence-corrected chi connectivity index (χ1v) is 6.10. The van der Waals surface area contributed by atoms with Gasteiger partial charge in [-0.2, -0.15) is 0 Å². The van der Waals surface area contributed by atoms with Gasteiger partial charge in [0, 0.05) is 17.8 Å². The number of ether oxygens (including phenoxy) is 1. The molecule has 2 aromatic rings. The number of pyridine rings is 1. The topological polar surface area (TPSA) is 48.1 Å². The molecule has 0 saturated heterocycles. The third-order valence-electron chi connectivity index (χ3n) is 2.58. The second kappa shape index (κ2) is 5.38. The Morgan fingerprint density at radius 3 is 2.83 bits per heavy atom. The SMILES string of the molecule is Cc1ccc(Cl)c(Oc2ncccc2[C@H](C)N)c1. The summed E-state index contributed by atoms with van der Waals surface area (Å²) in [4.78, 5) is 4.21. The minimum atomic E-state index is -0.141. The van der Waals surface area contributed by atoms with Gasteiger partial charge in [-0.25, -0.2) is 4.98 Å². The van der Waals surface area contributed by atoms with Gasteiger partial charge in [-0.05, 0) is 37.6 Å². The number of nitrogens with two attached hydrogens (primary N) is 1. The zero-order valence-corrected chi connectivity index (χ0v) is 11.1. The third-order valence-corrected chi connectivity index (χ3v) is 2.90. The number of nitrogens with zero attached hydrogens (tertiary/aromatic N) is 1. The van der Waals surface area contributed by atoms with E-state index in [0.29, 0.717) is 16.7 Å². The molecule has 3 nitrogen and oxygen atoms in total. The molecule has 94 valence electrons. The van der Waals surface area contributed by atoms with Crippen molar-refractivity contribution in [2.75, 3.05) is 0 Å². The second-order valence-electron chi connectivity index (χ2n) is 4.22. The first kappa shape index (κ1) is 12.9. The lowest BCUT2D eigenvalue weighted by atomic mass is 10.1. The maximum Gasteiger partial charge on any atom is 0.224 e. The summed E-state index contributed by atoms with van der Waals surface area (Å²) in [5.41, 5.74) is 7.82. The lowest BCUT2D eigenvalue weighted by Crippen LogP contribution is -2.07. The van der Waals surface area contributed by atoms with E-state index < -0.39 is 0 Å². The van der Waals surface area contributed by atoms with Crippen LogP contribution in [0.4, 0.5) is 0 Å². The average Bonchev–Trinajstić information content (AvgIpc) is 2.34. The van der Waals surface area contributed by atoms with Gasteiger partial charge >= 0.3 is 0 Å². The van der Waals surface area contributed by atoms with E-state index in [4.69, 9.17) is 22.1 Å². The number of rotatable bonds is 3. The summed E-state index contributed by atoms with van der Waals surface area (Å²) in [6, 6.07) is 9.21. The van der Waals surface area contributed by atoms with Crippen molar-refractivity contribution in [3.05, 3.63) is 52.7 Å². The van der Waals surface area contributed by atoms with Crippen LogP contribution in [0.25, 0.3) is 0 Å². The minimum absolute atomic E-state index is 0.141. The van der Waals surface area contributed by atoms with Crippen molar-refractivity contribution in [1.82, 2.24) is 4.98 Å². The van der Waals surface area contributed by atoms with E-state index in [0.717, 1.165) is 11.1 Å². The van der Waals surface area contributed by atoms with Gasteiger partial charge in [-0.3, -0.25) is 0 Å². The maximum atomic E-state index is 6.09. The van der Waals surface area contributed by atoms with E-state index in [-0.39, 0.29) is 6.04 Å². The quantitative estimate of drug-likeness (QED) is 0.914. The van der Waals surface area contributed by atoms with Gasteiger partial charge in [0.1, 0.15) is 5.75 Å². The first-order valence-electron chi connectivity index (χ1n) is 5.72. The fourth-order valence-corrected chi connectivity index (χ4v) is 1.78. The van der Waals surface area contributed by atoms with Gasteiger partial charge in [0.2, 0.25) is 5.88 Å². The molecule has 1 aromatic carbocycles. The van der Waals surface area contributed by atoms with Crippen LogP contribution in [0.3, 0.4) is 0 Å². The Bertz CT molecular complexity index is 555. The molecule has 0 bridgehead atoms. The van der Waals surface area contributed by atoms with Crippen molar-refractivity contribution >= 4 is 11.6 Å². The molecule has 0 aliphatic carbocycles. The van der Waals surface area contributed by atoms with Gasteiger partial charge in [-0.1, -0.05) is 23.7 Å². The largest absolute Gasteiger partial charge is 0.437 e. The van der Waals surface area contributed by atoms with Gasteiger partial charge in [0.05, 0.1) is 5.02 Å². The maximum absolute atomic E-state index is 6.09. The Kier molecular flexibility index (Phi) is 3.84. The molecule has 0 spiro atoms. The fraction of sp³-hybridized carbons (Fsp3) is 0.214. The number of benzene rings is 1. The van der Waals surface area contributed by atoms with Crippen LogP contribution in [0.2, 0.25) is 5.02 Å². The molecule has 0 radical (unpaired) electrons. The second-order valence-corrected chi connectivity index (χ2v) is 4.63. The Morgan fingerprint density at radius 2 is 2.11 bits per heavy atom. The van der Waals surface area contributed by atoms with Crippen LogP contribution >= 0.6 is 11.6 Å². The smallest absolute Gasteiger partial charge is 0.224 e. The van der Waals surface area contributed by atoms with Crippen LogP contribution in [-0.2, 0) is 0 Å². The fourth-order valence-electron chi connectivity index (χ4n) is 1.63. The first-order chi connectivity index (χ1) is 8.58. The minimum Gasteiger partial charge on any atom is -0.437 e. The summed E-state index contributed by atoms with van der Waals surface area (Å²) < 4.78 is 5.76. The lowest BCUT2D eigenvalue weighted by Gasteiger charge is -2.13. The normalized spacial score (nSPS) is 12.2. The molecule has 0 fully saturated rings. The molecular formula is C14H15ClN2O. The van der Waals surface area contributed by atoms with Crippen molar-refractivity contribution in [3.63, 3.8) is 0 Å². The highest BCUT2D eigenvalue weighted by Crippen LogP contribution is 2.32. The zero-order chi connectivity index (χ0) is 13.1. The van der Waals surface area contributed by atoms with Crippen molar-refractivity contribution in [2.45, 2.75) is 19.9 Å². The number of aryl methyl sites for hydroxylation is 1. The molecule has 0 aliphatic rings. The average molecular weight is 263 g/mol. The van der Waals surface area contributed by atoms with Crippen molar-refractivity contribution in [3.8, 4) is 11.6 Å². The van der Waals surface area contributed by atoms with Crippen LogP contribution in [0.5, 0.6) is 11.6 Å². The van der Waals surface area contributed by atoms with Crippen molar-refractivity contribution < 1.29 is 4.74 Å². The predicted octanol–water partition coefficient (Wildman–Crippen LogP) is 3.86. The Balaban J connectivity index is 2.37. The monoisotopic (exact) mass is 262 g/mol. The summed E-state index contributed by atoms with van der Waals surface area (Å²) in [7, 11) is 0. The van der Waals surface area contributed by atoms with E-state index in [9.17, 15) is 0 Å². The van der Waals surface area contributed by atoms with Crippen LogP contribution in [0.1, 0.15) is 24.1 Å². The Morgan fingerprint density at radius 1 is 1.33 bits per heavy atom. The van der Waals surface area contributed by atoms with E-state index in [2.05, 4.69) is 4.98 Å². The number of aromatic nitrogens is 1. The molecule has 18 heavy (non-hydrogen) atoms. The standard InChI is InChI=1S/C14H15ClN2O/c1-9-5-6-12(15)13(8-9)18-14-11(10(2)16)4-3-7-17-14/h3-8,10H,16H2,1-2H3/t10-/m0/s1. The molecular weight excluding hydrogens is 248 g/mol. The molecule has 2 rings (SSSR count). The molecule has 0 saturated carbocycles. The number of hydrogen-bond acceptors (Lipinski definition) is 3. The van der Waals surface area contributed by atoms with Crippen molar-refractivity contribution in [2.24, 2.45) is 5.73 Å². The molecule has 0 aliphatic heterocycles. The van der Waals surface area contributed by atoms with Gasteiger partial charge in [-0.15, -0.1) is 0 Å². The molecule has 0 amide bonds. The third kappa shape index (κ3) is 2.81. The molecule has 1 atom stereocenters. The van der Waals surface area contributed by atoms with Gasteiger partial charge in [0.15, 0.2) is 0 Å². The van der Waals surface area contributed by atoms with Gasteiger partial charge < -0.3 is 10.5 Å². The number of halogens is 1. The summed E-state index contributed by atoms with van der Waals surface area (Å²) in [5, 5.41) is 0.557.